The van der Waals surface area contributed by atoms with E-state index in [1.54, 1.807) is 36.7 Å². The minimum Gasteiger partial charge on any atom is -0.321 e. The molecular weight excluding hydrogens is 292 g/mol. The van der Waals surface area contributed by atoms with Gasteiger partial charge in [-0.1, -0.05) is 19.1 Å². The van der Waals surface area contributed by atoms with Gasteiger partial charge in [0.2, 0.25) is 5.91 Å². The molecule has 6 heteroatoms. The second kappa shape index (κ2) is 6.39. The molecule has 1 aromatic heterocycles. The number of carbonyl (C=O) groups excluding carboxylic acids is 2. The molecule has 116 valence electrons. The summed E-state index contributed by atoms with van der Waals surface area (Å²) in [5.74, 6) is -0.218. The molecule has 1 unspecified atom stereocenters. The van der Waals surface area contributed by atoms with E-state index >= 15 is 0 Å². The quantitative estimate of drug-likeness (QED) is 0.911. The SMILES string of the molecule is CC1CC(=O)NN=C1c1ccc(C(=O)Nc2cccnc2)cc1. The van der Waals surface area contributed by atoms with Crippen LogP contribution in [-0.2, 0) is 4.79 Å². The van der Waals surface area contributed by atoms with Crippen LogP contribution in [-0.4, -0.2) is 22.5 Å². The minimum atomic E-state index is -0.198. The van der Waals surface area contributed by atoms with Crippen molar-refractivity contribution < 1.29 is 9.59 Å². The summed E-state index contributed by atoms with van der Waals surface area (Å²) in [6.45, 7) is 1.96. The molecule has 1 aliphatic rings. The number of rotatable bonds is 3. The molecule has 6 nitrogen and oxygen atoms in total. The summed E-state index contributed by atoms with van der Waals surface area (Å²) in [4.78, 5) is 27.4. The first-order valence-corrected chi connectivity index (χ1v) is 7.32. The number of nitrogens with zero attached hydrogens (tertiary/aromatic N) is 2. The van der Waals surface area contributed by atoms with Crippen LogP contribution in [0, 0.1) is 5.92 Å². The Morgan fingerprint density at radius 1 is 1.26 bits per heavy atom. The van der Waals surface area contributed by atoms with Crippen LogP contribution in [0.2, 0.25) is 0 Å². The summed E-state index contributed by atoms with van der Waals surface area (Å²) >= 11 is 0. The third-order valence-corrected chi connectivity index (χ3v) is 3.62. The largest absolute Gasteiger partial charge is 0.321 e. The maximum atomic E-state index is 12.2. The van der Waals surface area contributed by atoms with Crippen molar-refractivity contribution in [3.63, 3.8) is 0 Å². The first kappa shape index (κ1) is 14.9. The van der Waals surface area contributed by atoms with Crippen LogP contribution in [0.4, 0.5) is 5.69 Å². The maximum Gasteiger partial charge on any atom is 0.255 e. The predicted octanol–water partition coefficient (Wildman–Crippen LogP) is 2.19. The van der Waals surface area contributed by atoms with Crippen LogP contribution in [0.15, 0.2) is 53.9 Å². The summed E-state index contributed by atoms with van der Waals surface area (Å²) in [5, 5.41) is 6.90. The van der Waals surface area contributed by atoms with Gasteiger partial charge in [0.1, 0.15) is 0 Å². The molecule has 2 amide bonds. The average Bonchev–Trinajstić information content (AvgIpc) is 2.56. The van der Waals surface area contributed by atoms with Crippen LogP contribution in [0.25, 0.3) is 0 Å². The Balaban J connectivity index is 1.74. The highest BCUT2D eigenvalue weighted by atomic mass is 16.2. The second-order valence-electron chi connectivity index (χ2n) is 5.41. The minimum absolute atomic E-state index is 0.0545. The van der Waals surface area contributed by atoms with E-state index in [2.05, 4.69) is 20.8 Å². The van der Waals surface area contributed by atoms with Crippen LogP contribution in [0.5, 0.6) is 0 Å². The van der Waals surface area contributed by atoms with Crippen molar-refractivity contribution in [1.82, 2.24) is 10.4 Å². The van der Waals surface area contributed by atoms with Crippen molar-refractivity contribution in [2.24, 2.45) is 11.0 Å². The van der Waals surface area contributed by atoms with Gasteiger partial charge in [0, 0.05) is 24.1 Å². The van der Waals surface area contributed by atoms with Gasteiger partial charge in [-0.05, 0) is 29.8 Å². The standard InChI is InChI=1S/C17H16N4O2/c1-11-9-15(22)20-21-16(11)12-4-6-13(7-5-12)17(23)19-14-3-2-8-18-10-14/h2-8,10-11H,9H2,1H3,(H,19,23)(H,20,22). The number of hydrazone groups is 1. The van der Waals surface area contributed by atoms with E-state index in [9.17, 15) is 9.59 Å². The summed E-state index contributed by atoms with van der Waals surface area (Å²) in [7, 11) is 0. The van der Waals surface area contributed by atoms with E-state index in [-0.39, 0.29) is 17.7 Å². The number of amides is 2. The fraction of sp³-hybridized carbons (Fsp3) is 0.176. The molecule has 0 bridgehead atoms. The molecule has 2 aromatic rings. The first-order chi connectivity index (χ1) is 11.1. The Hall–Kier alpha value is -3.02. The molecule has 0 aliphatic carbocycles. The van der Waals surface area contributed by atoms with E-state index in [0.717, 1.165) is 11.3 Å². The second-order valence-corrected chi connectivity index (χ2v) is 5.41. The molecular formula is C17H16N4O2. The van der Waals surface area contributed by atoms with Crippen molar-refractivity contribution >= 4 is 23.2 Å². The van der Waals surface area contributed by atoms with Gasteiger partial charge in [0.25, 0.3) is 5.91 Å². The number of pyridine rings is 1. The summed E-state index contributed by atoms with van der Waals surface area (Å²) < 4.78 is 0. The lowest BCUT2D eigenvalue weighted by Gasteiger charge is -2.19. The Bertz CT molecular complexity index is 754. The number of aromatic nitrogens is 1. The third-order valence-electron chi connectivity index (χ3n) is 3.62. The molecule has 1 aromatic carbocycles. The van der Waals surface area contributed by atoms with Crippen molar-refractivity contribution in [3.8, 4) is 0 Å². The van der Waals surface area contributed by atoms with Crippen LogP contribution in [0.1, 0.15) is 29.3 Å². The Morgan fingerprint density at radius 2 is 2.04 bits per heavy atom. The third kappa shape index (κ3) is 3.42. The molecule has 1 aliphatic heterocycles. The molecule has 0 spiro atoms. The topological polar surface area (TPSA) is 83.5 Å². The zero-order chi connectivity index (χ0) is 16.2. The summed E-state index contributed by atoms with van der Waals surface area (Å²) in [6, 6.07) is 10.7. The van der Waals surface area contributed by atoms with E-state index in [0.29, 0.717) is 17.7 Å². The molecule has 3 rings (SSSR count). The van der Waals surface area contributed by atoms with E-state index in [1.165, 1.54) is 0 Å². The summed E-state index contributed by atoms with van der Waals surface area (Å²) in [6.07, 6.45) is 3.66. The molecule has 23 heavy (non-hydrogen) atoms. The highest BCUT2D eigenvalue weighted by molar-refractivity contribution is 6.07. The molecule has 2 heterocycles. The van der Waals surface area contributed by atoms with Gasteiger partial charge in [-0.25, -0.2) is 5.43 Å². The van der Waals surface area contributed by atoms with E-state index in [1.807, 2.05) is 19.1 Å². The number of carbonyl (C=O) groups is 2. The maximum absolute atomic E-state index is 12.2. The van der Waals surface area contributed by atoms with Gasteiger partial charge in [0.05, 0.1) is 17.6 Å². The predicted molar refractivity (Wildman–Crippen MR) is 87.1 cm³/mol. The fourth-order valence-electron chi connectivity index (χ4n) is 2.43. The smallest absolute Gasteiger partial charge is 0.255 e. The lowest BCUT2D eigenvalue weighted by atomic mass is 9.93. The lowest BCUT2D eigenvalue weighted by Crippen LogP contribution is -2.31. The number of hydrogen-bond donors (Lipinski definition) is 2. The van der Waals surface area contributed by atoms with Crippen molar-refractivity contribution in [2.45, 2.75) is 13.3 Å². The van der Waals surface area contributed by atoms with Crippen molar-refractivity contribution in [3.05, 3.63) is 59.9 Å². The van der Waals surface area contributed by atoms with Crippen LogP contribution < -0.4 is 10.7 Å². The Morgan fingerprint density at radius 3 is 2.70 bits per heavy atom. The number of hydrogen-bond acceptors (Lipinski definition) is 4. The lowest BCUT2D eigenvalue weighted by molar-refractivity contribution is -0.121. The Kier molecular flexibility index (Phi) is 4.14. The zero-order valence-electron chi connectivity index (χ0n) is 12.6. The normalized spacial score (nSPS) is 17.2. The molecule has 0 saturated carbocycles. The Labute approximate surface area is 133 Å². The average molecular weight is 308 g/mol. The monoisotopic (exact) mass is 308 g/mol. The van der Waals surface area contributed by atoms with E-state index in [4.69, 9.17) is 0 Å². The highest BCUT2D eigenvalue weighted by Crippen LogP contribution is 2.17. The van der Waals surface area contributed by atoms with Crippen LogP contribution in [0.3, 0.4) is 0 Å². The van der Waals surface area contributed by atoms with Gasteiger partial charge < -0.3 is 5.32 Å². The van der Waals surface area contributed by atoms with Gasteiger partial charge >= 0.3 is 0 Å². The first-order valence-electron chi connectivity index (χ1n) is 7.32. The molecule has 2 N–H and O–H groups in total. The number of anilines is 1. The number of benzene rings is 1. The van der Waals surface area contributed by atoms with Crippen LogP contribution >= 0.6 is 0 Å². The molecule has 0 fully saturated rings. The molecule has 0 radical (unpaired) electrons. The van der Waals surface area contributed by atoms with Gasteiger partial charge in [-0.15, -0.1) is 0 Å². The van der Waals surface area contributed by atoms with Crippen molar-refractivity contribution in [1.29, 1.82) is 0 Å². The zero-order valence-corrected chi connectivity index (χ0v) is 12.6. The fourth-order valence-corrected chi connectivity index (χ4v) is 2.43. The van der Waals surface area contributed by atoms with Gasteiger partial charge in [-0.2, -0.15) is 5.10 Å². The van der Waals surface area contributed by atoms with Gasteiger partial charge in [0.15, 0.2) is 0 Å². The van der Waals surface area contributed by atoms with E-state index < -0.39 is 0 Å². The summed E-state index contributed by atoms with van der Waals surface area (Å²) in [5.41, 5.74) is 5.41. The molecule has 0 saturated heterocycles. The highest BCUT2D eigenvalue weighted by Gasteiger charge is 2.21. The number of nitrogens with one attached hydrogen (secondary N) is 2. The molecule has 1 atom stereocenters. The van der Waals surface area contributed by atoms with Crippen molar-refractivity contribution in [2.75, 3.05) is 5.32 Å². The van der Waals surface area contributed by atoms with Gasteiger partial charge in [-0.3, -0.25) is 14.6 Å².